The largest absolute Gasteiger partial charge is 0.330 e. The lowest BCUT2D eigenvalue weighted by Crippen LogP contribution is -2.47. The first-order valence-corrected chi connectivity index (χ1v) is 8.59. The average Bonchev–Trinajstić information content (AvgIpc) is 2.42. The molecule has 2 unspecified atom stereocenters. The molecule has 0 radical (unpaired) electrons. The zero-order chi connectivity index (χ0) is 14.9. The molecule has 1 aromatic rings. The van der Waals surface area contributed by atoms with E-state index >= 15 is 0 Å². The van der Waals surface area contributed by atoms with Gasteiger partial charge in [-0.3, -0.25) is 0 Å². The molecule has 4 nitrogen and oxygen atoms in total. The van der Waals surface area contributed by atoms with Crippen LogP contribution in [0.2, 0.25) is 0 Å². The number of piperidine rings is 1. The van der Waals surface area contributed by atoms with Crippen LogP contribution >= 0.6 is 0 Å². The van der Waals surface area contributed by atoms with Crippen LogP contribution in [-0.4, -0.2) is 31.9 Å². The van der Waals surface area contributed by atoms with E-state index in [4.69, 9.17) is 5.73 Å². The lowest BCUT2D eigenvalue weighted by atomic mass is 9.96. The quantitative estimate of drug-likeness (QED) is 0.928. The van der Waals surface area contributed by atoms with Gasteiger partial charge in [-0.25, -0.2) is 8.42 Å². The maximum Gasteiger partial charge on any atom is 0.243 e. The van der Waals surface area contributed by atoms with Crippen molar-refractivity contribution in [3.8, 4) is 0 Å². The zero-order valence-corrected chi connectivity index (χ0v) is 13.3. The average molecular weight is 296 g/mol. The van der Waals surface area contributed by atoms with Crippen molar-refractivity contribution in [2.24, 2.45) is 11.7 Å². The third-order valence-corrected chi connectivity index (χ3v) is 6.32. The van der Waals surface area contributed by atoms with Crippen molar-refractivity contribution in [3.05, 3.63) is 29.3 Å². The van der Waals surface area contributed by atoms with Gasteiger partial charge in [-0.15, -0.1) is 0 Å². The molecule has 2 N–H and O–H groups in total. The summed E-state index contributed by atoms with van der Waals surface area (Å²) in [7, 11) is -3.42. The van der Waals surface area contributed by atoms with E-state index < -0.39 is 10.0 Å². The van der Waals surface area contributed by atoms with Crippen molar-refractivity contribution in [3.63, 3.8) is 0 Å². The Morgan fingerprint density at radius 1 is 1.25 bits per heavy atom. The van der Waals surface area contributed by atoms with Crippen molar-refractivity contribution < 1.29 is 8.42 Å². The molecule has 112 valence electrons. The van der Waals surface area contributed by atoms with Gasteiger partial charge in [0.25, 0.3) is 0 Å². The molecule has 20 heavy (non-hydrogen) atoms. The molecule has 2 atom stereocenters. The molecule has 0 aromatic heterocycles. The monoisotopic (exact) mass is 296 g/mol. The van der Waals surface area contributed by atoms with Gasteiger partial charge in [-0.05, 0) is 69.3 Å². The Kier molecular flexibility index (Phi) is 4.52. The SMILES string of the molecule is Cc1ccc(S(=O)(=O)N2CC(CN)CCC2C)cc1C. The van der Waals surface area contributed by atoms with E-state index in [9.17, 15) is 8.42 Å². The van der Waals surface area contributed by atoms with Crippen LogP contribution in [-0.2, 0) is 10.0 Å². The number of benzene rings is 1. The van der Waals surface area contributed by atoms with Gasteiger partial charge in [0.1, 0.15) is 0 Å². The summed E-state index contributed by atoms with van der Waals surface area (Å²) in [6.07, 6.45) is 1.89. The summed E-state index contributed by atoms with van der Waals surface area (Å²) in [5, 5.41) is 0. The summed E-state index contributed by atoms with van der Waals surface area (Å²) in [4.78, 5) is 0.394. The maximum atomic E-state index is 12.8. The fourth-order valence-electron chi connectivity index (χ4n) is 2.68. The third-order valence-electron chi connectivity index (χ3n) is 4.34. The van der Waals surface area contributed by atoms with Crippen LogP contribution in [0.4, 0.5) is 0 Å². The molecule has 1 aliphatic heterocycles. The lowest BCUT2D eigenvalue weighted by molar-refractivity contribution is 0.211. The summed E-state index contributed by atoms with van der Waals surface area (Å²) in [5.74, 6) is 0.271. The third kappa shape index (κ3) is 2.90. The lowest BCUT2D eigenvalue weighted by Gasteiger charge is -2.36. The van der Waals surface area contributed by atoms with Crippen LogP contribution in [0.5, 0.6) is 0 Å². The Bertz CT molecular complexity index is 584. The molecule has 1 heterocycles. The maximum absolute atomic E-state index is 12.8. The Balaban J connectivity index is 2.35. The highest BCUT2D eigenvalue weighted by atomic mass is 32.2. The van der Waals surface area contributed by atoms with E-state index in [-0.39, 0.29) is 12.0 Å². The highest BCUT2D eigenvalue weighted by molar-refractivity contribution is 7.89. The predicted molar refractivity (Wildman–Crippen MR) is 81.0 cm³/mol. The van der Waals surface area contributed by atoms with Crippen molar-refractivity contribution in [2.45, 2.75) is 44.6 Å². The molecule has 1 fully saturated rings. The normalized spacial score (nSPS) is 24.8. The number of aryl methyl sites for hydroxylation is 2. The molecule has 2 rings (SSSR count). The van der Waals surface area contributed by atoms with E-state index in [1.54, 1.807) is 16.4 Å². The zero-order valence-electron chi connectivity index (χ0n) is 12.5. The Morgan fingerprint density at radius 2 is 1.95 bits per heavy atom. The number of nitrogens with two attached hydrogens (primary N) is 1. The number of rotatable bonds is 3. The van der Waals surface area contributed by atoms with Gasteiger partial charge in [-0.1, -0.05) is 6.07 Å². The number of nitrogens with zero attached hydrogens (tertiary/aromatic N) is 1. The molecule has 0 spiro atoms. The topological polar surface area (TPSA) is 63.4 Å². The van der Waals surface area contributed by atoms with Crippen molar-refractivity contribution in [1.82, 2.24) is 4.31 Å². The molecule has 0 aliphatic carbocycles. The number of hydrogen-bond acceptors (Lipinski definition) is 3. The first-order valence-electron chi connectivity index (χ1n) is 7.15. The van der Waals surface area contributed by atoms with E-state index in [1.807, 2.05) is 26.8 Å². The van der Waals surface area contributed by atoms with Crippen LogP contribution in [0.25, 0.3) is 0 Å². The summed E-state index contributed by atoms with van der Waals surface area (Å²) >= 11 is 0. The van der Waals surface area contributed by atoms with Crippen LogP contribution in [0, 0.1) is 19.8 Å². The standard InChI is InChI=1S/C15H24N2O2S/c1-11-4-7-15(8-12(11)2)20(18,19)17-10-14(9-16)6-5-13(17)3/h4,7-8,13-14H,5-6,9-10,16H2,1-3H3. The molecular formula is C15H24N2O2S. The van der Waals surface area contributed by atoms with Gasteiger partial charge in [0.2, 0.25) is 10.0 Å². The van der Waals surface area contributed by atoms with Gasteiger partial charge in [-0.2, -0.15) is 4.31 Å². The van der Waals surface area contributed by atoms with Gasteiger partial charge >= 0.3 is 0 Å². The van der Waals surface area contributed by atoms with Crippen LogP contribution < -0.4 is 5.73 Å². The number of sulfonamides is 1. The van der Waals surface area contributed by atoms with E-state index in [2.05, 4.69) is 0 Å². The van der Waals surface area contributed by atoms with Crippen LogP contribution in [0.1, 0.15) is 30.9 Å². The molecule has 5 heteroatoms. The summed E-state index contributed by atoms with van der Waals surface area (Å²) in [6.45, 7) is 6.99. The first kappa shape index (κ1) is 15.5. The molecule has 1 saturated heterocycles. The highest BCUT2D eigenvalue weighted by Gasteiger charge is 2.34. The number of hydrogen-bond donors (Lipinski definition) is 1. The second kappa shape index (κ2) is 5.84. The first-order chi connectivity index (χ1) is 9.36. The molecule has 0 amide bonds. The molecular weight excluding hydrogens is 272 g/mol. The second-order valence-corrected chi connectivity index (χ2v) is 7.74. The smallest absolute Gasteiger partial charge is 0.243 e. The Hall–Kier alpha value is -0.910. The Labute approximate surface area is 122 Å². The Morgan fingerprint density at radius 3 is 2.55 bits per heavy atom. The van der Waals surface area contributed by atoms with Gasteiger partial charge in [0.15, 0.2) is 0 Å². The van der Waals surface area contributed by atoms with E-state index in [1.165, 1.54) is 0 Å². The molecule has 1 aromatic carbocycles. The minimum atomic E-state index is -3.42. The van der Waals surface area contributed by atoms with Gasteiger partial charge in [0.05, 0.1) is 4.90 Å². The molecule has 0 saturated carbocycles. The second-order valence-electron chi connectivity index (χ2n) is 5.85. The fourth-order valence-corrected chi connectivity index (χ4v) is 4.51. The van der Waals surface area contributed by atoms with Crippen molar-refractivity contribution in [1.29, 1.82) is 0 Å². The van der Waals surface area contributed by atoms with Crippen molar-refractivity contribution >= 4 is 10.0 Å². The predicted octanol–water partition coefficient (Wildman–Crippen LogP) is 2.05. The molecule has 1 aliphatic rings. The summed E-state index contributed by atoms with van der Waals surface area (Å²) < 4.78 is 27.2. The highest BCUT2D eigenvalue weighted by Crippen LogP contribution is 2.28. The fraction of sp³-hybridized carbons (Fsp3) is 0.600. The summed E-state index contributed by atoms with van der Waals surface area (Å²) in [5.41, 5.74) is 7.83. The van der Waals surface area contributed by atoms with Crippen LogP contribution in [0.3, 0.4) is 0 Å². The minimum Gasteiger partial charge on any atom is -0.330 e. The molecule has 0 bridgehead atoms. The van der Waals surface area contributed by atoms with Gasteiger partial charge in [0, 0.05) is 12.6 Å². The van der Waals surface area contributed by atoms with Crippen molar-refractivity contribution in [2.75, 3.05) is 13.1 Å². The van der Waals surface area contributed by atoms with Crippen LogP contribution in [0.15, 0.2) is 23.1 Å². The summed E-state index contributed by atoms with van der Waals surface area (Å²) in [6, 6.07) is 5.39. The minimum absolute atomic E-state index is 0.0457. The van der Waals surface area contributed by atoms with E-state index in [0.29, 0.717) is 18.0 Å². The van der Waals surface area contributed by atoms with E-state index in [0.717, 1.165) is 24.0 Å². The van der Waals surface area contributed by atoms with Gasteiger partial charge < -0.3 is 5.73 Å².